The normalized spacial score (nSPS) is 31.7. The highest BCUT2D eigenvalue weighted by Gasteiger charge is 2.31. The Labute approximate surface area is 117 Å². The first-order valence-corrected chi connectivity index (χ1v) is 7.93. The Kier molecular flexibility index (Phi) is 6.07. The van der Waals surface area contributed by atoms with Crippen LogP contribution in [0.1, 0.15) is 39.0 Å². The molecule has 0 bridgehead atoms. The van der Waals surface area contributed by atoms with Crippen LogP contribution in [-0.2, 0) is 0 Å². The molecule has 4 heteroatoms. The number of nitrogens with zero attached hydrogens (tertiary/aromatic N) is 1. The smallest absolute Gasteiger partial charge is 0.0556 e. The number of hydrogen-bond acceptors (Lipinski definition) is 4. The van der Waals surface area contributed by atoms with Crippen molar-refractivity contribution in [2.75, 3.05) is 32.8 Å². The molecule has 2 fully saturated rings. The van der Waals surface area contributed by atoms with E-state index in [2.05, 4.69) is 10.2 Å². The molecule has 0 aromatic carbocycles. The fraction of sp³-hybridized carbons (Fsp3) is 1.00. The molecule has 4 nitrogen and oxygen atoms in total. The van der Waals surface area contributed by atoms with E-state index in [-0.39, 0.29) is 12.7 Å². The molecular weight excluding hydrogens is 240 g/mol. The van der Waals surface area contributed by atoms with E-state index < -0.39 is 0 Å². The van der Waals surface area contributed by atoms with Gasteiger partial charge in [0.25, 0.3) is 0 Å². The SMILES string of the molecule is CC(O)C1CC(NCCO)CN(CC2CCCC2)C1. The van der Waals surface area contributed by atoms with E-state index in [0.717, 1.165) is 25.4 Å². The number of aliphatic hydroxyl groups is 2. The Hall–Kier alpha value is -0.160. The molecule has 112 valence electrons. The Morgan fingerprint density at radius 3 is 2.63 bits per heavy atom. The van der Waals surface area contributed by atoms with Crippen LogP contribution in [0.3, 0.4) is 0 Å². The van der Waals surface area contributed by atoms with Gasteiger partial charge in [-0.25, -0.2) is 0 Å². The van der Waals surface area contributed by atoms with E-state index in [0.29, 0.717) is 18.5 Å². The number of likely N-dealkylation sites (tertiary alicyclic amines) is 1. The lowest BCUT2D eigenvalue weighted by atomic mass is 9.89. The van der Waals surface area contributed by atoms with E-state index in [9.17, 15) is 5.11 Å². The van der Waals surface area contributed by atoms with E-state index in [1.165, 1.54) is 32.2 Å². The molecule has 2 aliphatic rings. The first-order valence-electron chi connectivity index (χ1n) is 7.93. The second-order valence-corrected chi connectivity index (χ2v) is 6.48. The summed E-state index contributed by atoms with van der Waals surface area (Å²) in [4.78, 5) is 2.53. The highest BCUT2D eigenvalue weighted by atomic mass is 16.3. The van der Waals surface area contributed by atoms with Crippen LogP contribution in [0.2, 0.25) is 0 Å². The zero-order valence-electron chi connectivity index (χ0n) is 12.2. The van der Waals surface area contributed by atoms with Crippen LogP contribution in [0, 0.1) is 11.8 Å². The largest absolute Gasteiger partial charge is 0.395 e. The fourth-order valence-electron chi connectivity index (χ4n) is 3.71. The fourth-order valence-corrected chi connectivity index (χ4v) is 3.71. The standard InChI is InChI=1S/C15H30N2O2/c1-12(19)14-8-15(16-6-7-18)11-17(10-14)9-13-4-2-3-5-13/h12-16,18-19H,2-11H2,1H3. The topological polar surface area (TPSA) is 55.7 Å². The average molecular weight is 270 g/mol. The second-order valence-electron chi connectivity index (χ2n) is 6.48. The minimum atomic E-state index is -0.232. The molecule has 1 aliphatic carbocycles. The number of aliphatic hydroxyl groups excluding tert-OH is 2. The van der Waals surface area contributed by atoms with Crippen molar-refractivity contribution in [1.29, 1.82) is 0 Å². The molecule has 0 radical (unpaired) electrons. The zero-order valence-corrected chi connectivity index (χ0v) is 12.2. The summed E-state index contributed by atoms with van der Waals surface area (Å²) in [6.07, 6.45) is 6.34. The molecule has 1 saturated carbocycles. The van der Waals surface area contributed by atoms with Gasteiger partial charge in [0.15, 0.2) is 0 Å². The molecule has 1 heterocycles. The van der Waals surface area contributed by atoms with Gasteiger partial charge in [-0.3, -0.25) is 0 Å². The lowest BCUT2D eigenvalue weighted by molar-refractivity contribution is 0.0412. The van der Waals surface area contributed by atoms with Gasteiger partial charge in [0.2, 0.25) is 0 Å². The number of nitrogens with one attached hydrogen (secondary N) is 1. The molecule has 1 saturated heterocycles. The third-order valence-electron chi connectivity index (χ3n) is 4.78. The van der Waals surface area contributed by atoms with Gasteiger partial charge in [0.05, 0.1) is 12.7 Å². The summed E-state index contributed by atoms with van der Waals surface area (Å²) >= 11 is 0. The monoisotopic (exact) mass is 270 g/mol. The summed E-state index contributed by atoms with van der Waals surface area (Å²) < 4.78 is 0. The molecule has 0 aromatic heterocycles. The van der Waals surface area contributed by atoms with Crippen LogP contribution in [0.5, 0.6) is 0 Å². The van der Waals surface area contributed by atoms with Gasteiger partial charge >= 0.3 is 0 Å². The molecule has 3 unspecified atom stereocenters. The van der Waals surface area contributed by atoms with Gasteiger partial charge in [-0.2, -0.15) is 0 Å². The first-order chi connectivity index (χ1) is 9.19. The number of piperidine rings is 1. The predicted molar refractivity (Wildman–Crippen MR) is 77.1 cm³/mol. The molecule has 3 N–H and O–H groups in total. The van der Waals surface area contributed by atoms with Gasteiger partial charge in [0.1, 0.15) is 0 Å². The lowest BCUT2D eigenvalue weighted by Crippen LogP contribution is -2.52. The average Bonchev–Trinajstić information content (AvgIpc) is 2.89. The molecule has 3 atom stereocenters. The summed E-state index contributed by atoms with van der Waals surface area (Å²) in [5.74, 6) is 1.23. The molecule has 0 amide bonds. The first kappa shape index (κ1) is 15.2. The van der Waals surface area contributed by atoms with Crippen LogP contribution in [0.25, 0.3) is 0 Å². The lowest BCUT2D eigenvalue weighted by Gasteiger charge is -2.40. The van der Waals surface area contributed by atoms with Crippen molar-refractivity contribution in [1.82, 2.24) is 10.2 Å². The Morgan fingerprint density at radius 1 is 1.26 bits per heavy atom. The van der Waals surface area contributed by atoms with E-state index >= 15 is 0 Å². The third-order valence-corrected chi connectivity index (χ3v) is 4.78. The van der Waals surface area contributed by atoms with Gasteiger partial charge < -0.3 is 20.4 Å². The molecule has 0 spiro atoms. The van der Waals surface area contributed by atoms with Gasteiger partial charge in [-0.1, -0.05) is 12.8 Å². The predicted octanol–water partition coefficient (Wildman–Crippen LogP) is 0.830. The molecule has 0 aromatic rings. The van der Waals surface area contributed by atoms with Crippen LogP contribution < -0.4 is 5.32 Å². The van der Waals surface area contributed by atoms with Crippen LogP contribution in [0.15, 0.2) is 0 Å². The van der Waals surface area contributed by atoms with Crippen molar-refractivity contribution >= 4 is 0 Å². The van der Waals surface area contributed by atoms with Gasteiger partial charge in [-0.15, -0.1) is 0 Å². The maximum atomic E-state index is 9.90. The highest BCUT2D eigenvalue weighted by molar-refractivity contribution is 4.87. The number of hydrogen-bond donors (Lipinski definition) is 3. The minimum absolute atomic E-state index is 0.193. The van der Waals surface area contributed by atoms with Crippen LogP contribution in [0.4, 0.5) is 0 Å². The van der Waals surface area contributed by atoms with Crippen molar-refractivity contribution in [2.24, 2.45) is 11.8 Å². The minimum Gasteiger partial charge on any atom is -0.395 e. The Morgan fingerprint density at radius 2 is 2.00 bits per heavy atom. The van der Waals surface area contributed by atoms with Crippen molar-refractivity contribution in [3.05, 3.63) is 0 Å². The Balaban J connectivity index is 1.85. The quantitative estimate of drug-likeness (QED) is 0.669. The van der Waals surface area contributed by atoms with E-state index in [1.807, 2.05) is 6.92 Å². The van der Waals surface area contributed by atoms with Crippen molar-refractivity contribution in [3.63, 3.8) is 0 Å². The maximum absolute atomic E-state index is 9.90. The molecular formula is C15H30N2O2. The van der Waals surface area contributed by atoms with E-state index in [4.69, 9.17) is 5.11 Å². The van der Waals surface area contributed by atoms with Crippen LogP contribution in [-0.4, -0.2) is 60.0 Å². The summed E-state index contributed by atoms with van der Waals surface area (Å²) in [7, 11) is 0. The molecule has 2 rings (SSSR count). The van der Waals surface area contributed by atoms with Crippen molar-refractivity contribution in [3.8, 4) is 0 Å². The van der Waals surface area contributed by atoms with Gasteiger partial charge in [-0.05, 0) is 38.0 Å². The summed E-state index contributed by atoms with van der Waals surface area (Å²) in [6, 6.07) is 0.418. The summed E-state index contributed by atoms with van der Waals surface area (Å²) in [5.41, 5.74) is 0. The zero-order chi connectivity index (χ0) is 13.7. The second kappa shape index (κ2) is 7.58. The summed E-state index contributed by atoms with van der Waals surface area (Å²) in [5, 5.41) is 22.2. The number of rotatable bonds is 6. The van der Waals surface area contributed by atoms with Crippen LogP contribution >= 0.6 is 0 Å². The highest BCUT2D eigenvalue weighted by Crippen LogP contribution is 2.28. The summed E-state index contributed by atoms with van der Waals surface area (Å²) in [6.45, 7) is 6.06. The third kappa shape index (κ3) is 4.71. The molecule has 19 heavy (non-hydrogen) atoms. The maximum Gasteiger partial charge on any atom is 0.0556 e. The van der Waals surface area contributed by atoms with E-state index in [1.54, 1.807) is 0 Å². The molecule has 1 aliphatic heterocycles. The van der Waals surface area contributed by atoms with Gasteiger partial charge in [0, 0.05) is 32.2 Å². The van der Waals surface area contributed by atoms with Crippen molar-refractivity contribution in [2.45, 2.75) is 51.2 Å². The Bertz CT molecular complexity index is 253. The van der Waals surface area contributed by atoms with Crippen molar-refractivity contribution < 1.29 is 10.2 Å².